The highest BCUT2D eigenvalue weighted by molar-refractivity contribution is 7.08. The number of aromatic carboxylic acids is 1. The molecule has 19 heavy (non-hydrogen) atoms. The molecule has 0 aliphatic rings. The van der Waals surface area contributed by atoms with Crippen molar-refractivity contribution in [3.05, 3.63) is 52.2 Å². The second-order valence-corrected chi connectivity index (χ2v) is 4.61. The first-order valence-electron chi connectivity index (χ1n) is 5.54. The van der Waals surface area contributed by atoms with Gasteiger partial charge in [0.15, 0.2) is 0 Å². The smallest absolute Gasteiger partial charge is 0.335 e. The molecule has 1 heterocycles. The monoisotopic (exact) mass is 276 g/mol. The molecule has 0 spiro atoms. The molecule has 98 valence electrons. The number of carbonyl (C=O) groups excluding carboxylic acids is 1. The lowest BCUT2D eigenvalue weighted by atomic mass is 10.1. The molecule has 0 aliphatic carbocycles. The zero-order chi connectivity index (χ0) is 13.7. The summed E-state index contributed by atoms with van der Waals surface area (Å²) < 4.78 is 0. The molecule has 0 fully saturated rings. The zero-order valence-electron chi connectivity index (χ0n) is 9.92. The number of carboxylic acid groups (broad SMARTS) is 1. The Morgan fingerprint density at radius 1 is 1.26 bits per heavy atom. The molecule has 3 N–H and O–H groups in total. The second kappa shape index (κ2) is 6.01. The Morgan fingerprint density at radius 3 is 2.79 bits per heavy atom. The Kier molecular flexibility index (Phi) is 4.15. The highest BCUT2D eigenvalue weighted by Crippen LogP contribution is 2.11. The lowest BCUT2D eigenvalue weighted by Crippen LogP contribution is -2.28. The van der Waals surface area contributed by atoms with Crippen molar-refractivity contribution in [2.24, 2.45) is 0 Å². The predicted molar refractivity (Wildman–Crippen MR) is 73.6 cm³/mol. The molecule has 0 unspecified atom stereocenters. The first-order valence-corrected chi connectivity index (χ1v) is 6.49. The number of hydrogen-bond acceptors (Lipinski definition) is 3. The molecule has 0 saturated carbocycles. The summed E-state index contributed by atoms with van der Waals surface area (Å²) >= 11 is 1.49. The van der Waals surface area contributed by atoms with Gasteiger partial charge in [0.2, 0.25) is 0 Å². The fourth-order valence-corrected chi connectivity index (χ4v) is 2.10. The van der Waals surface area contributed by atoms with Gasteiger partial charge in [-0.15, -0.1) is 0 Å². The van der Waals surface area contributed by atoms with Gasteiger partial charge < -0.3 is 15.7 Å². The van der Waals surface area contributed by atoms with Crippen LogP contribution in [-0.4, -0.2) is 17.1 Å². The molecule has 1 aromatic carbocycles. The quantitative estimate of drug-likeness (QED) is 0.803. The van der Waals surface area contributed by atoms with Crippen LogP contribution >= 0.6 is 11.3 Å². The minimum absolute atomic E-state index is 0.206. The van der Waals surface area contributed by atoms with E-state index >= 15 is 0 Å². The molecule has 5 nitrogen and oxygen atoms in total. The van der Waals surface area contributed by atoms with Crippen LogP contribution in [0.15, 0.2) is 41.1 Å². The van der Waals surface area contributed by atoms with Gasteiger partial charge in [0.05, 0.1) is 11.3 Å². The van der Waals surface area contributed by atoms with Gasteiger partial charge >= 0.3 is 12.0 Å². The van der Waals surface area contributed by atoms with Crippen molar-refractivity contribution in [2.75, 3.05) is 5.32 Å². The van der Waals surface area contributed by atoms with Gasteiger partial charge in [-0.3, -0.25) is 0 Å². The molecule has 6 heteroatoms. The van der Waals surface area contributed by atoms with Crippen molar-refractivity contribution in [1.82, 2.24) is 5.32 Å². The molecular formula is C13H12N2O3S. The van der Waals surface area contributed by atoms with Gasteiger partial charge in [-0.2, -0.15) is 11.3 Å². The minimum atomic E-state index is -0.982. The van der Waals surface area contributed by atoms with E-state index in [1.54, 1.807) is 18.2 Å². The maximum atomic E-state index is 11.6. The van der Waals surface area contributed by atoms with Crippen molar-refractivity contribution < 1.29 is 14.7 Å². The lowest BCUT2D eigenvalue weighted by molar-refractivity contribution is 0.0696. The highest BCUT2D eigenvalue weighted by Gasteiger charge is 2.05. The fraction of sp³-hybridized carbons (Fsp3) is 0.0769. The molecule has 0 bridgehead atoms. The van der Waals surface area contributed by atoms with Crippen molar-refractivity contribution in [3.8, 4) is 0 Å². The van der Waals surface area contributed by atoms with Gasteiger partial charge in [-0.1, -0.05) is 12.1 Å². The van der Waals surface area contributed by atoms with Crippen LogP contribution in [0.5, 0.6) is 0 Å². The molecule has 2 aromatic rings. The Labute approximate surface area is 113 Å². The van der Waals surface area contributed by atoms with E-state index in [0.717, 1.165) is 11.3 Å². The number of anilines is 1. The summed E-state index contributed by atoms with van der Waals surface area (Å²) in [7, 11) is 0. The van der Waals surface area contributed by atoms with Crippen LogP contribution in [0.2, 0.25) is 0 Å². The Hall–Kier alpha value is -2.34. The number of urea groups is 1. The maximum absolute atomic E-state index is 11.6. The Balaban J connectivity index is 1.89. The first-order chi connectivity index (χ1) is 9.15. The molecule has 2 rings (SSSR count). The molecule has 0 atom stereocenters. The summed E-state index contributed by atoms with van der Waals surface area (Å²) in [6.45, 7) is 0.275. The predicted octanol–water partition coefficient (Wildman–Crippen LogP) is 2.77. The topological polar surface area (TPSA) is 78.4 Å². The average Bonchev–Trinajstić information content (AvgIpc) is 2.89. The average molecular weight is 276 g/mol. The molecule has 0 aliphatic heterocycles. The van der Waals surface area contributed by atoms with Crippen LogP contribution in [0, 0.1) is 0 Å². The van der Waals surface area contributed by atoms with Crippen LogP contribution in [0.4, 0.5) is 10.5 Å². The maximum Gasteiger partial charge on any atom is 0.335 e. The van der Waals surface area contributed by atoms with E-state index in [2.05, 4.69) is 10.6 Å². The third kappa shape index (κ3) is 3.82. The fourth-order valence-electron chi connectivity index (χ4n) is 1.51. The van der Waals surface area contributed by atoms with E-state index < -0.39 is 5.97 Å². The summed E-state index contributed by atoms with van der Waals surface area (Å²) in [4.78, 5) is 22.4. The van der Waals surface area contributed by atoms with Gasteiger partial charge in [-0.05, 0) is 29.1 Å². The minimum Gasteiger partial charge on any atom is -0.478 e. The highest BCUT2D eigenvalue weighted by atomic mass is 32.1. The van der Waals surface area contributed by atoms with E-state index in [9.17, 15) is 9.59 Å². The van der Waals surface area contributed by atoms with E-state index in [0.29, 0.717) is 0 Å². The summed E-state index contributed by atoms with van der Waals surface area (Å²) in [6.07, 6.45) is 0. The van der Waals surface area contributed by atoms with Gasteiger partial charge in [0, 0.05) is 11.9 Å². The molecule has 0 radical (unpaired) electrons. The van der Waals surface area contributed by atoms with Crippen molar-refractivity contribution in [2.45, 2.75) is 6.54 Å². The molecular weight excluding hydrogens is 264 g/mol. The van der Waals surface area contributed by atoms with E-state index in [-0.39, 0.29) is 18.1 Å². The molecule has 2 amide bonds. The number of hydrogen-bond donors (Lipinski definition) is 3. The van der Waals surface area contributed by atoms with Crippen LogP contribution in [-0.2, 0) is 6.54 Å². The third-order valence-corrected chi connectivity index (χ3v) is 3.09. The number of nitrogens with one attached hydrogen (secondary N) is 2. The number of carboxylic acids is 1. The van der Waals surface area contributed by atoms with Crippen LogP contribution in [0.1, 0.15) is 15.9 Å². The third-order valence-electron chi connectivity index (χ3n) is 2.41. The lowest BCUT2D eigenvalue weighted by Gasteiger charge is -2.06. The normalized spacial score (nSPS) is 9.89. The largest absolute Gasteiger partial charge is 0.478 e. The molecule has 0 saturated heterocycles. The van der Waals surface area contributed by atoms with Crippen LogP contribution in [0.25, 0.3) is 0 Å². The van der Waals surface area contributed by atoms with Crippen molar-refractivity contribution >= 4 is 29.0 Å². The number of thiophene rings is 1. The Bertz CT molecular complexity index is 581. The van der Waals surface area contributed by atoms with E-state index in [4.69, 9.17) is 5.11 Å². The van der Waals surface area contributed by atoms with Gasteiger partial charge in [0.1, 0.15) is 0 Å². The van der Waals surface area contributed by atoms with Gasteiger partial charge in [0.25, 0.3) is 0 Å². The number of rotatable bonds is 4. The number of carbonyl (C=O) groups is 2. The second-order valence-electron chi connectivity index (χ2n) is 3.83. The first kappa shape index (κ1) is 13.1. The summed E-state index contributed by atoms with van der Waals surface area (Å²) in [5, 5.41) is 17.9. The number of amides is 2. The number of benzene rings is 1. The zero-order valence-corrected chi connectivity index (χ0v) is 10.7. The molecule has 1 aromatic heterocycles. The van der Waals surface area contributed by atoms with Crippen LogP contribution in [0.3, 0.4) is 0 Å². The summed E-state index contributed by atoms with van der Waals surface area (Å²) in [5.74, 6) is -0.982. The van der Waals surface area contributed by atoms with Crippen molar-refractivity contribution in [3.63, 3.8) is 0 Å². The van der Waals surface area contributed by atoms with E-state index in [1.165, 1.54) is 23.5 Å². The Morgan fingerprint density at radius 2 is 2.11 bits per heavy atom. The summed E-state index contributed by atoms with van der Waals surface area (Å²) in [6, 6.07) is 7.94. The van der Waals surface area contributed by atoms with E-state index in [1.807, 2.05) is 10.8 Å². The standard InChI is InChI=1S/C13H12N2O3S/c16-12(17)10-3-1-2-9(6-10)7-14-13(18)15-11-4-5-19-8-11/h1-6,8H,7H2,(H,16,17)(H2,14,15,18). The SMILES string of the molecule is O=C(NCc1cccc(C(=O)O)c1)Nc1ccsc1. The summed E-state index contributed by atoms with van der Waals surface area (Å²) in [5.41, 5.74) is 1.68. The van der Waals surface area contributed by atoms with Crippen LogP contribution < -0.4 is 10.6 Å². The van der Waals surface area contributed by atoms with Crippen molar-refractivity contribution in [1.29, 1.82) is 0 Å². The van der Waals surface area contributed by atoms with Gasteiger partial charge in [-0.25, -0.2) is 9.59 Å².